The minimum Gasteiger partial charge on any atom is -0.507 e. The second-order valence-electron chi connectivity index (χ2n) is 6.37. The number of hydrogen-bond acceptors (Lipinski definition) is 5. The molecule has 3 aromatic rings. The van der Waals surface area contributed by atoms with Crippen LogP contribution in [0.1, 0.15) is 22.3 Å². The van der Waals surface area contributed by atoms with Crippen molar-refractivity contribution in [3.8, 4) is 17.2 Å². The molecule has 0 amide bonds. The Labute approximate surface area is 165 Å². The summed E-state index contributed by atoms with van der Waals surface area (Å²) < 4.78 is 10.7. The Morgan fingerprint density at radius 3 is 2.32 bits per heavy atom. The molecule has 0 radical (unpaired) electrons. The number of rotatable bonds is 7. The topological polar surface area (TPSA) is 63.1 Å². The molecule has 5 nitrogen and oxygen atoms in total. The molecule has 0 spiro atoms. The van der Waals surface area contributed by atoms with Crippen molar-refractivity contribution in [2.75, 3.05) is 14.2 Å². The number of ether oxygens (including phenoxy) is 2. The van der Waals surface area contributed by atoms with E-state index in [9.17, 15) is 5.11 Å². The maximum absolute atomic E-state index is 10.7. The van der Waals surface area contributed by atoms with Crippen LogP contribution in [0.5, 0.6) is 17.2 Å². The van der Waals surface area contributed by atoms with Gasteiger partial charge in [-0.2, -0.15) is 5.10 Å². The lowest BCUT2D eigenvalue weighted by Gasteiger charge is -2.15. The first-order valence-corrected chi connectivity index (χ1v) is 8.99. The third-order valence-corrected chi connectivity index (χ3v) is 4.39. The van der Waals surface area contributed by atoms with E-state index in [1.807, 2.05) is 61.5 Å². The third-order valence-electron chi connectivity index (χ3n) is 4.39. The Bertz CT molecular complexity index is 952. The summed E-state index contributed by atoms with van der Waals surface area (Å²) in [5.74, 6) is 1.04. The SMILES string of the molecule is COc1cc(O)c(/C(=N/NCc2ccccc2)c2ccc(C)cc2)c(OC)c1. The highest BCUT2D eigenvalue weighted by Gasteiger charge is 2.19. The van der Waals surface area contributed by atoms with Gasteiger partial charge < -0.3 is 20.0 Å². The molecule has 0 atom stereocenters. The summed E-state index contributed by atoms with van der Waals surface area (Å²) >= 11 is 0. The molecule has 0 aliphatic rings. The average molecular weight is 376 g/mol. The summed E-state index contributed by atoms with van der Waals surface area (Å²) in [6.45, 7) is 2.59. The summed E-state index contributed by atoms with van der Waals surface area (Å²) in [5, 5.41) is 15.3. The van der Waals surface area contributed by atoms with Crippen molar-refractivity contribution in [1.82, 2.24) is 5.43 Å². The Morgan fingerprint density at radius 2 is 1.68 bits per heavy atom. The maximum Gasteiger partial charge on any atom is 0.135 e. The summed E-state index contributed by atoms with van der Waals surface area (Å²) in [5.41, 5.74) is 7.33. The first kappa shape index (κ1) is 19.3. The molecule has 0 aliphatic heterocycles. The molecule has 2 N–H and O–H groups in total. The van der Waals surface area contributed by atoms with Crippen LogP contribution in [0.3, 0.4) is 0 Å². The van der Waals surface area contributed by atoms with Crippen LogP contribution in [-0.4, -0.2) is 25.0 Å². The zero-order valence-corrected chi connectivity index (χ0v) is 16.3. The van der Waals surface area contributed by atoms with Gasteiger partial charge in [0.05, 0.1) is 26.3 Å². The van der Waals surface area contributed by atoms with Crippen LogP contribution in [0.4, 0.5) is 0 Å². The van der Waals surface area contributed by atoms with E-state index in [4.69, 9.17) is 9.47 Å². The monoisotopic (exact) mass is 376 g/mol. The minimum atomic E-state index is 0.0389. The number of aryl methyl sites for hydroxylation is 1. The van der Waals surface area contributed by atoms with Gasteiger partial charge in [0.25, 0.3) is 0 Å². The molecule has 3 aromatic carbocycles. The van der Waals surface area contributed by atoms with Crippen molar-refractivity contribution in [3.05, 3.63) is 89.0 Å². The molecule has 3 rings (SSSR count). The second-order valence-corrected chi connectivity index (χ2v) is 6.37. The van der Waals surface area contributed by atoms with Gasteiger partial charge in [-0.25, -0.2) is 0 Å². The largest absolute Gasteiger partial charge is 0.507 e. The summed E-state index contributed by atoms with van der Waals surface area (Å²) in [6.07, 6.45) is 0. The average Bonchev–Trinajstić information content (AvgIpc) is 2.72. The van der Waals surface area contributed by atoms with Gasteiger partial charge in [0, 0.05) is 17.7 Å². The van der Waals surface area contributed by atoms with Crippen LogP contribution in [0.25, 0.3) is 0 Å². The van der Waals surface area contributed by atoms with Gasteiger partial charge in [-0.05, 0) is 12.5 Å². The van der Waals surface area contributed by atoms with E-state index in [1.165, 1.54) is 0 Å². The number of phenolic OH excluding ortho intramolecular Hbond substituents is 1. The molecule has 0 bridgehead atoms. The standard InChI is InChI=1S/C23H24N2O3/c1-16-9-11-18(12-10-16)23(25-24-15-17-7-5-4-6-8-17)22-20(26)13-19(27-2)14-21(22)28-3/h4-14,24,26H,15H2,1-3H3/b25-23+. The fraction of sp³-hybridized carbons (Fsp3) is 0.174. The van der Waals surface area contributed by atoms with E-state index < -0.39 is 0 Å². The summed E-state index contributed by atoms with van der Waals surface area (Å²) in [7, 11) is 3.10. The van der Waals surface area contributed by atoms with E-state index in [0.29, 0.717) is 29.3 Å². The van der Waals surface area contributed by atoms with Gasteiger partial charge in [-0.3, -0.25) is 0 Å². The number of phenols is 1. The molecule has 0 heterocycles. The lowest BCUT2D eigenvalue weighted by atomic mass is 9.99. The van der Waals surface area contributed by atoms with Crippen LogP contribution in [0, 0.1) is 6.92 Å². The van der Waals surface area contributed by atoms with Gasteiger partial charge in [0.1, 0.15) is 23.0 Å². The Hall–Kier alpha value is -3.47. The first-order valence-electron chi connectivity index (χ1n) is 8.99. The Kier molecular flexibility index (Phi) is 6.17. The predicted octanol–water partition coefficient (Wildman–Crippen LogP) is 4.26. The van der Waals surface area contributed by atoms with E-state index in [-0.39, 0.29) is 5.75 Å². The molecule has 0 fully saturated rings. The predicted molar refractivity (Wildman–Crippen MR) is 111 cm³/mol. The number of hydrazone groups is 1. The molecule has 0 saturated heterocycles. The first-order chi connectivity index (χ1) is 13.6. The van der Waals surface area contributed by atoms with Crippen molar-refractivity contribution in [2.24, 2.45) is 5.10 Å². The van der Waals surface area contributed by atoms with Crippen LogP contribution in [-0.2, 0) is 6.54 Å². The quantitative estimate of drug-likeness (QED) is 0.478. The van der Waals surface area contributed by atoms with Gasteiger partial charge >= 0.3 is 0 Å². The number of benzene rings is 3. The smallest absolute Gasteiger partial charge is 0.135 e. The number of nitrogens with zero attached hydrogens (tertiary/aromatic N) is 1. The highest BCUT2D eigenvalue weighted by atomic mass is 16.5. The molecule has 5 heteroatoms. The lowest BCUT2D eigenvalue weighted by Crippen LogP contribution is -2.14. The highest BCUT2D eigenvalue weighted by Crippen LogP contribution is 2.35. The van der Waals surface area contributed by atoms with Crippen LogP contribution in [0.15, 0.2) is 71.8 Å². The van der Waals surface area contributed by atoms with E-state index in [1.54, 1.807) is 26.4 Å². The number of nitrogens with one attached hydrogen (secondary N) is 1. The maximum atomic E-state index is 10.7. The van der Waals surface area contributed by atoms with Gasteiger partial charge in [-0.1, -0.05) is 60.2 Å². The zero-order valence-electron chi connectivity index (χ0n) is 16.3. The Morgan fingerprint density at radius 1 is 0.964 bits per heavy atom. The van der Waals surface area contributed by atoms with Crippen molar-refractivity contribution in [1.29, 1.82) is 0 Å². The van der Waals surface area contributed by atoms with Gasteiger partial charge in [0.2, 0.25) is 0 Å². The van der Waals surface area contributed by atoms with Gasteiger partial charge in [-0.15, -0.1) is 0 Å². The van der Waals surface area contributed by atoms with Crippen LogP contribution in [0.2, 0.25) is 0 Å². The molecule has 0 saturated carbocycles. The van der Waals surface area contributed by atoms with Crippen molar-refractivity contribution in [2.45, 2.75) is 13.5 Å². The zero-order chi connectivity index (χ0) is 19.9. The van der Waals surface area contributed by atoms with Crippen LogP contribution >= 0.6 is 0 Å². The number of hydrogen-bond donors (Lipinski definition) is 2. The molecular weight excluding hydrogens is 352 g/mol. The molecular formula is C23H24N2O3. The number of methoxy groups -OCH3 is 2. The second kappa shape index (κ2) is 8.95. The Balaban J connectivity index is 2.04. The molecule has 0 aromatic heterocycles. The lowest BCUT2D eigenvalue weighted by molar-refractivity contribution is 0.384. The fourth-order valence-electron chi connectivity index (χ4n) is 2.87. The molecule has 144 valence electrons. The van der Waals surface area contributed by atoms with Crippen molar-refractivity contribution in [3.63, 3.8) is 0 Å². The normalized spacial score (nSPS) is 11.2. The van der Waals surface area contributed by atoms with E-state index in [0.717, 1.165) is 16.7 Å². The van der Waals surface area contributed by atoms with Gasteiger partial charge in [0.15, 0.2) is 0 Å². The molecule has 0 aliphatic carbocycles. The molecule has 0 unspecified atom stereocenters. The van der Waals surface area contributed by atoms with Crippen molar-refractivity contribution < 1.29 is 14.6 Å². The highest BCUT2D eigenvalue weighted by molar-refractivity contribution is 6.16. The number of aromatic hydroxyl groups is 1. The fourth-order valence-corrected chi connectivity index (χ4v) is 2.87. The third kappa shape index (κ3) is 4.43. The summed E-state index contributed by atoms with van der Waals surface area (Å²) in [6, 6.07) is 21.3. The van der Waals surface area contributed by atoms with E-state index >= 15 is 0 Å². The van der Waals surface area contributed by atoms with Crippen molar-refractivity contribution >= 4 is 5.71 Å². The molecule has 28 heavy (non-hydrogen) atoms. The van der Waals surface area contributed by atoms with E-state index in [2.05, 4.69) is 10.5 Å². The minimum absolute atomic E-state index is 0.0389. The van der Waals surface area contributed by atoms with Crippen LogP contribution < -0.4 is 14.9 Å². The summed E-state index contributed by atoms with van der Waals surface area (Å²) in [4.78, 5) is 0.